The number of nitrogens with one attached hydrogen (secondary N) is 1. The minimum atomic E-state index is 0.0200. The third kappa shape index (κ3) is 2.69. The molecule has 6 nitrogen and oxygen atoms in total. The van der Waals surface area contributed by atoms with Crippen LogP contribution in [0, 0.1) is 6.92 Å². The van der Waals surface area contributed by atoms with Gasteiger partial charge in [0.15, 0.2) is 0 Å². The van der Waals surface area contributed by atoms with Gasteiger partial charge in [0.1, 0.15) is 17.5 Å². The lowest BCUT2D eigenvalue weighted by Crippen LogP contribution is -2.61. The van der Waals surface area contributed by atoms with E-state index in [1.54, 1.807) is 18.7 Å². The second kappa shape index (κ2) is 5.56. The summed E-state index contributed by atoms with van der Waals surface area (Å²) in [7, 11) is 0. The van der Waals surface area contributed by atoms with Crippen LogP contribution >= 0.6 is 11.8 Å². The van der Waals surface area contributed by atoms with E-state index >= 15 is 0 Å². The molecule has 1 atom stereocenters. The third-order valence-corrected chi connectivity index (χ3v) is 5.97. The molecule has 0 saturated carbocycles. The number of likely N-dealkylation sites (tertiary alicyclic amines) is 1. The first-order valence-corrected chi connectivity index (χ1v) is 8.64. The zero-order valence-corrected chi connectivity index (χ0v) is 13.7. The zero-order valence-electron chi connectivity index (χ0n) is 12.9. The van der Waals surface area contributed by atoms with Crippen molar-refractivity contribution in [1.82, 2.24) is 19.9 Å². The molecule has 1 amide bonds. The van der Waals surface area contributed by atoms with E-state index in [4.69, 9.17) is 4.74 Å². The second-order valence-electron chi connectivity index (χ2n) is 6.16. The topological polar surface area (TPSA) is 71.1 Å². The normalized spacial score (nSPS) is 22.1. The maximum absolute atomic E-state index is 12.4. The Morgan fingerprint density at radius 3 is 3.09 bits per heavy atom. The number of pyridine rings is 1. The number of aromatic nitrogens is 3. The first-order chi connectivity index (χ1) is 11.2. The van der Waals surface area contributed by atoms with Crippen molar-refractivity contribution in [2.24, 2.45) is 0 Å². The van der Waals surface area contributed by atoms with E-state index in [1.807, 2.05) is 35.7 Å². The molecule has 23 heavy (non-hydrogen) atoms. The number of aryl methyl sites for hydroxylation is 1. The highest BCUT2D eigenvalue weighted by Crippen LogP contribution is 2.46. The van der Waals surface area contributed by atoms with Gasteiger partial charge in [0.2, 0.25) is 0 Å². The van der Waals surface area contributed by atoms with Crippen LogP contribution in [-0.2, 0) is 0 Å². The summed E-state index contributed by atoms with van der Waals surface area (Å²) in [5, 5.41) is 0. The lowest BCUT2D eigenvalue weighted by Gasteiger charge is -2.47. The lowest BCUT2D eigenvalue weighted by atomic mass is 9.92. The highest BCUT2D eigenvalue weighted by Gasteiger charge is 2.51. The number of nitrogens with zero attached hydrogens (tertiary/aromatic N) is 3. The van der Waals surface area contributed by atoms with Crippen molar-refractivity contribution in [3.63, 3.8) is 0 Å². The summed E-state index contributed by atoms with van der Waals surface area (Å²) >= 11 is 1.91. The van der Waals surface area contributed by atoms with Crippen LogP contribution in [0.15, 0.2) is 30.9 Å². The summed E-state index contributed by atoms with van der Waals surface area (Å²) in [6, 6.07) is 3.81. The largest absolute Gasteiger partial charge is 0.488 e. The average molecular weight is 330 g/mol. The van der Waals surface area contributed by atoms with Crippen LogP contribution in [0.2, 0.25) is 0 Å². The number of ether oxygens (including phenoxy) is 1. The molecule has 1 spiro atoms. The Hall–Kier alpha value is -2.02. The highest BCUT2D eigenvalue weighted by molar-refractivity contribution is 8.01. The fourth-order valence-electron chi connectivity index (χ4n) is 3.23. The Kier molecular flexibility index (Phi) is 3.52. The minimum Gasteiger partial charge on any atom is -0.488 e. The molecule has 0 radical (unpaired) electrons. The summed E-state index contributed by atoms with van der Waals surface area (Å²) in [6.07, 6.45) is 6.21. The molecule has 2 aromatic heterocycles. The van der Waals surface area contributed by atoms with E-state index in [0.29, 0.717) is 5.69 Å². The highest BCUT2D eigenvalue weighted by atomic mass is 32.2. The van der Waals surface area contributed by atoms with Gasteiger partial charge in [-0.2, -0.15) is 0 Å². The van der Waals surface area contributed by atoms with Gasteiger partial charge in [-0.3, -0.25) is 9.78 Å². The van der Waals surface area contributed by atoms with E-state index in [2.05, 4.69) is 15.0 Å². The molecule has 2 fully saturated rings. The smallest absolute Gasteiger partial charge is 0.274 e. The molecule has 7 heteroatoms. The average Bonchev–Trinajstić information content (AvgIpc) is 3.13. The molecule has 0 aromatic carbocycles. The summed E-state index contributed by atoms with van der Waals surface area (Å²) in [5.41, 5.74) is 1.36. The van der Waals surface area contributed by atoms with Gasteiger partial charge in [0, 0.05) is 37.2 Å². The zero-order chi connectivity index (χ0) is 15.9. The quantitative estimate of drug-likeness (QED) is 0.930. The standard InChI is InChI=1S/C16H18N4O2S/c1-11-14(19-10-18-11)15(21)20-8-16(9-20)5-13(7-23-16)22-12-3-2-4-17-6-12/h2-4,6,10,13H,5,7-9H2,1H3,(H,18,19). The Morgan fingerprint density at radius 2 is 2.39 bits per heavy atom. The van der Waals surface area contributed by atoms with E-state index in [0.717, 1.165) is 36.7 Å². The van der Waals surface area contributed by atoms with Crippen molar-refractivity contribution < 1.29 is 9.53 Å². The number of amides is 1. The molecular weight excluding hydrogens is 312 g/mol. The molecule has 2 aliphatic rings. The predicted molar refractivity (Wildman–Crippen MR) is 87.7 cm³/mol. The molecule has 0 bridgehead atoms. The first-order valence-electron chi connectivity index (χ1n) is 7.65. The van der Waals surface area contributed by atoms with Gasteiger partial charge >= 0.3 is 0 Å². The maximum Gasteiger partial charge on any atom is 0.274 e. The minimum absolute atomic E-state index is 0.0200. The number of aromatic amines is 1. The van der Waals surface area contributed by atoms with Gasteiger partial charge in [-0.1, -0.05) is 0 Å². The van der Waals surface area contributed by atoms with Crippen LogP contribution in [0.4, 0.5) is 0 Å². The number of carbonyl (C=O) groups is 1. The van der Waals surface area contributed by atoms with E-state index < -0.39 is 0 Å². The Bertz CT molecular complexity index is 712. The summed E-state index contributed by atoms with van der Waals surface area (Å²) in [4.78, 5) is 25.4. The molecule has 120 valence electrons. The van der Waals surface area contributed by atoms with Crippen molar-refractivity contribution in [3.05, 3.63) is 42.2 Å². The predicted octanol–water partition coefficient (Wildman–Crippen LogP) is 1.89. The molecule has 2 aromatic rings. The van der Waals surface area contributed by atoms with E-state index in [1.165, 1.54) is 0 Å². The van der Waals surface area contributed by atoms with Gasteiger partial charge in [0.25, 0.3) is 5.91 Å². The molecule has 2 aliphatic heterocycles. The maximum atomic E-state index is 12.4. The van der Waals surface area contributed by atoms with Crippen LogP contribution in [0.1, 0.15) is 22.6 Å². The first kappa shape index (κ1) is 14.6. The third-order valence-electron chi connectivity index (χ3n) is 4.39. The number of carbonyl (C=O) groups excluding carboxylic acids is 1. The second-order valence-corrected chi connectivity index (χ2v) is 7.65. The number of rotatable bonds is 3. The van der Waals surface area contributed by atoms with Gasteiger partial charge in [-0.25, -0.2) is 4.98 Å². The van der Waals surface area contributed by atoms with Crippen LogP contribution in [0.5, 0.6) is 5.75 Å². The Balaban J connectivity index is 1.35. The summed E-state index contributed by atoms with van der Waals surface area (Å²) in [5.74, 6) is 1.79. The van der Waals surface area contributed by atoms with Crippen molar-refractivity contribution >= 4 is 17.7 Å². The van der Waals surface area contributed by atoms with Crippen molar-refractivity contribution in [3.8, 4) is 5.75 Å². The Morgan fingerprint density at radius 1 is 1.52 bits per heavy atom. The molecule has 4 rings (SSSR count). The van der Waals surface area contributed by atoms with Crippen LogP contribution < -0.4 is 4.74 Å². The monoisotopic (exact) mass is 330 g/mol. The number of H-pyrrole nitrogens is 1. The molecule has 4 heterocycles. The number of hydrogen-bond donors (Lipinski definition) is 1. The van der Waals surface area contributed by atoms with E-state index in [-0.39, 0.29) is 16.8 Å². The van der Waals surface area contributed by atoms with Gasteiger partial charge in [0.05, 0.1) is 17.3 Å². The number of hydrogen-bond acceptors (Lipinski definition) is 5. The molecular formula is C16H18N4O2S. The molecule has 2 saturated heterocycles. The summed E-state index contributed by atoms with van der Waals surface area (Å²) < 4.78 is 6.13. The van der Waals surface area contributed by atoms with Crippen molar-refractivity contribution in [2.75, 3.05) is 18.8 Å². The van der Waals surface area contributed by atoms with Crippen LogP contribution in [0.25, 0.3) is 0 Å². The number of thioether (sulfide) groups is 1. The van der Waals surface area contributed by atoms with E-state index in [9.17, 15) is 4.79 Å². The molecule has 0 aliphatic carbocycles. The van der Waals surface area contributed by atoms with Gasteiger partial charge < -0.3 is 14.6 Å². The summed E-state index contributed by atoms with van der Waals surface area (Å²) in [6.45, 7) is 3.42. The SMILES string of the molecule is Cc1[nH]cnc1C(=O)N1CC2(CC(Oc3cccnc3)CS2)C1. The molecule has 1 unspecified atom stereocenters. The number of imidazole rings is 1. The molecule has 1 N–H and O–H groups in total. The van der Waals surface area contributed by atoms with Gasteiger partial charge in [-0.15, -0.1) is 11.8 Å². The Labute approximate surface area is 138 Å². The van der Waals surface area contributed by atoms with Crippen molar-refractivity contribution in [2.45, 2.75) is 24.2 Å². The fourth-order valence-corrected chi connectivity index (χ4v) is 4.75. The lowest BCUT2D eigenvalue weighted by molar-refractivity contribution is 0.0512. The van der Waals surface area contributed by atoms with Crippen molar-refractivity contribution in [1.29, 1.82) is 0 Å². The van der Waals surface area contributed by atoms with Crippen LogP contribution in [-0.4, -0.2) is 55.5 Å². The fraction of sp³-hybridized carbons (Fsp3) is 0.438. The van der Waals surface area contributed by atoms with Gasteiger partial charge in [-0.05, 0) is 19.1 Å². The van der Waals surface area contributed by atoms with Crippen LogP contribution in [0.3, 0.4) is 0 Å².